The molecule has 0 atom stereocenters. The number of nitrogens with zero attached hydrogens (tertiary/aromatic N) is 4. The van der Waals surface area contributed by atoms with Crippen molar-refractivity contribution < 1.29 is 4.79 Å². The summed E-state index contributed by atoms with van der Waals surface area (Å²) in [5.41, 5.74) is 9.43. The average molecular weight is 336 g/mol. The van der Waals surface area contributed by atoms with Gasteiger partial charge in [0.2, 0.25) is 0 Å². The van der Waals surface area contributed by atoms with E-state index in [4.69, 9.17) is 17.3 Å². The highest BCUT2D eigenvalue weighted by atomic mass is 35.5. The van der Waals surface area contributed by atoms with Gasteiger partial charge in [-0.15, -0.1) is 0 Å². The molecule has 4 aromatic rings. The lowest BCUT2D eigenvalue weighted by Gasteiger charge is -2.05. The second kappa shape index (κ2) is 4.46. The van der Waals surface area contributed by atoms with Gasteiger partial charge in [0.05, 0.1) is 22.3 Å². The third-order valence-electron chi connectivity index (χ3n) is 4.18. The van der Waals surface area contributed by atoms with Gasteiger partial charge in [-0.25, -0.2) is 9.67 Å². The van der Waals surface area contributed by atoms with Crippen LogP contribution in [0.5, 0.6) is 0 Å². The minimum Gasteiger partial charge on any atom is -0.383 e. The van der Waals surface area contributed by atoms with Gasteiger partial charge in [-0.05, 0) is 36.4 Å². The summed E-state index contributed by atoms with van der Waals surface area (Å²) in [4.78, 5) is 17.3. The number of carbonyl (C=O) groups excluding carboxylic acids is 1. The van der Waals surface area contributed by atoms with Crippen LogP contribution < -0.4 is 5.73 Å². The van der Waals surface area contributed by atoms with Crippen LogP contribution in [0.15, 0.2) is 48.5 Å². The maximum Gasteiger partial charge on any atom is 0.285 e. The van der Waals surface area contributed by atoms with Crippen molar-refractivity contribution in [2.24, 2.45) is 0 Å². The summed E-state index contributed by atoms with van der Waals surface area (Å²) in [6, 6.07) is 14.6. The van der Waals surface area contributed by atoms with E-state index in [9.17, 15) is 4.79 Å². The average Bonchev–Trinajstić information content (AvgIpc) is 3.20. The second-order valence-corrected chi connectivity index (χ2v) is 6.00. The van der Waals surface area contributed by atoms with E-state index < -0.39 is 0 Å². The molecule has 3 heterocycles. The van der Waals surface area contributed by atoms with Crippen LogP contribution in [-0.4, -0.2) is 25.2 Å². The maximum absolute atomic E-state index is 12.8. The smallest absolute Gasteiger partial charge is 0.285 e. The molecule has 1 aliphatic rings. The van der Waals surface area contributed by atoms with Crippen molar-refractivity contribution in [1.82, 2.24) is 19.3 Å². The van der Waals surface area contributed by atoms with Crippen LogP contribution in [0.3, 0.4) is 0 Å². The van der Waals surface area contributed by atoms with E-state index in [1.807, 2.05) is 24.3 Å². The molecule has 2 aromatic heterocycles. The highest BCUT2D eigenvalue weighted by molar-refractivity contribution is 6.30. The van der Waals surface area contributed by atoms with Crippen LogP contribution in [0.1, 0.15) is 10.5 Å². The van der Waals surface area contributed by atoms with Gasteiger partial charge in [0.15, 0.2) is 11.5 Å². The molecule has 0 unspecified atom stereocenters. The molecule has 0 spiro atoms. The first-order valence-electron chi connectivity index (χ1n) is 7.32. The number of hydrogen-bond donors (Lipinski definition) is 1. The number of nitrogen functional groups attached to an aromatic ring is 1. The molecule has 6 nitrogen and oxygen atoms in total. The minimum absolute atomic E-state index is 0.215. The second-order valence-electron chi connectivity index (χ2n) is 5.56. The van der Waals surface area contributed by atoms with Crippen molar-refractivity contribution in [1.29, 1.82) is 0 Å². The van der Waals surface area contributed by atoms with Crippen LogP contribution in [0.4, 0.5) is 5.82 Å². The van der Waals surface area contributed by atoms with Gasteiger partial charge in [0, 0.05) is 5.02 Å². The molecule has 0 amide bonds. The zero-order chi connectivity index (χ0) is 16.4. The molecule has 2 aromatic carbocycles. The molecule has 7 heteroatoms. The van der Waals surface area contributed by atoms with Crippen LogP contribution >= 0.6 is 11.6 Å². The number of benzene rings is 2. The van der Waals surface area contributed by atoms with Gasteiger partial charge in [-0.2, -0.15) is 5.10 Å². The van der Waals surface area contributed by atoms with Crippen molar-refractivity contribution in [2.45, 2.75) is 0 Å². The van der Waals surface area contributed by atoms with Crippen molar-refractivity contribution in [2.75, 3.05) is 5.73 Å². The maximum atomic E-state index is 12.8. The summed E-state index contributed by atoms with van der Waals surface area (Å²) in [5, 5.41) is 5.02. The Morgan fingerprint density at radius 1 is 1.04 bits per heavy atom. The third-order valence-corrected chi connectivity index (χ3v) is 4.43. The summed E-state index contributed by atoms with van der Waals surface area (Å²) < 4.78 is 3.11. The summed E-state index contributed by atoms with van der Waals surface area (Å²) in [6.07, 6.45) is 0. The van der Waals surface area contributed by atoms with E-state index in [0.29, 0.717) is 27.9 Å². The Kier molecular flexibility index (Phi) is 2.47. The molecule has 0 saturated heterocycles. The summed E-state index contributed by atoms with van der Waals surface area (Å²) in [5.74, 6) is 0.705. The van der Waals surface area contributed by atoms with E-state index in [0.717, 1.165) is 16.7 Å². The number of hydrogen-bond acceptors (Lipinski definition) is 4. The molecule has 2 N–H and O–H groups in total. The monoisotopic (exact) mass is 335 g/mol. The topological polar surface area (TPSA) is 78.7 Å². The van der Waals surface area contributed by atoms with Gasteiger partial charge >= 0.3 is 0 Å². The van der Waals surface area contributed by atoms with Crippen molar-refractivity contribution in [3.8, 4) is 17.1 Å². The number of anilines is 1. The number of para-hydroxylation sites is 2. The molecule has 116 valence electrons. The number of carbonyl (C=O) groups is 1. The van der Waals surface area contributed by atoms with Gasteiger partial charge in [0.1, 0.15) is 5.82 Å². The quantitative estimate of drug-likeness (QED) is 0.510. The Balaban J connectivity index is 1.78. The molecule has 0 saturated carbocycles. The fraction of sp³-hybridized carbons (Fsp3) is 0. The summed E-state index contributed by atoms with van der Waals surface area (Å²) in [7, 11) is 0. The first-order valence-corrected chi connectivity index (χ1v) is 7.70. The lowest BCUT2D eigenvalue weighted by Crippen LogP contribution is -2.10. The number of halogens is 1. The molecule has 24 heavy (non-hydrogen) atoms. The normalized spacial score (nSPS) is 12.6. The van der Waals surface area contributed by atoms with Crippen LogP contribution in [0.2, 0.25) is 5.02 Å². The Morgan fingerprint density at radius 2 is 1.79 bits per heavy atom. The Labute approximate surface area is 141 Å². The minimum atomic E-state index is -0.215. The molecule has 5 rings (SSSR count). The number of aromatic nitrogens is 4. The largest absolute Gasteiger partial charge is 0.383 e. The van der Waals surface area contributed by atoms with Gasteiger partial charge in [0.25, 0.3) is 5.91 Å². The zero-order valence-corrected chi connectivity index (χ0v) is 13.0. The summed E-state index contributed by atoms with van der Waals surface area (Å²) >= 11 is 5.92. The fourth-order valence-corrected chi connectivity index (χ4v) is 3.21. The van der Waals surface area contributed by atoms with Gasteiger partial charge < -0.3 is 5.73 Å². The van der Waals surface area contributed by atoms with Gasteiger partial charge in [-0.1, -0.05) is 23.7 Å². The van der Waals surface area contributed by atoms with Crippen molar-refractivity contribution in [3.05, 3.63) is 59.2 Å². The molecule has 0 bridgehead atoms. The predicted octanol–water partition coefficient (Wildman–Crippen LogP) is 3.13. The van der Waals surface area contributed by atoms with E-state index in [2.05, 4.69) is 10.1 Å². The summed E-state index contributed by atoms with van der Waals surface area (Å²) in [6.45, 7) is 0. The lowest BCUT2D eigenvalue weighted by molar-refractivity contribution is 0.0968. The van der Waals surface area contributed by atoms with E-state index in [-0.39, 0.29) is 5.91 Å². The third kappa shape index (κ3) is 1.58. The lowest BCUT2D eigenvalue weighted by atomic mass is 10.2. The van der Waals surface area contributed by atoms with Crippen LogP contribution in [-0.2, 0) is 0 Å². The van der Waals surface area contributed by atoms with Gasteiger partial charge in [-0.3, -0.25) is 9.36 Å². The zero-order valence-electron chi connectivity index (χ0n) is 12.3. The molecular weight excluding hydrogens is 326 g/mol. The number of imidazole rings is 1. The fourth-order valence-electron chi connectivity index (χ4n) is 3.09. The Bertz CT molecular complexity index is 1140. The Hall–Kier alpha value is -3.12. The molecule has 0 fully saturated rings. The Morgan fingerprint density at radius 3 is 2.58 bits per heavy atom. The van der Waals surface area contributed by atoms with Crippen LogP contribution in [0.25, 0.3) is 28.1 Å². The van der Waals surface area contributed by atoms with Crippen molar-refractivity contribution in [3.63, 3.8) is 0 Å². The van der Waals surface area contributed by atoms with Crippen LogP contribution in [0, 0.1) is 0 Å². The van der Waals surface area contributed by atoms with E-state index >= 15 is 0 Å². The van der Waals surface area contributed by atoms with Crippen molar-refractivity contribution >= 4 is 34.4 Å². The van der Waals surface area contributed by atoms with E-state index in [1.54, 1.807) is 33.5 Å². The highest BCUT2D eigenvalue weighted by Crippen LogP contribution is 2.39. The SMILES string of the molecule is Nc1c2c(nn1-c1ccc(Cl)cc1)C(=O)n1c-2nc2ccccc21. The number of rotatable bonds is 1. The first kappa shape index (κ1) is 13.3. The molecule has 0 aliphatic carbocycles. The standard InChI is InChI=1S/C17H10ClN5O/c18-9-5-7-10(8-6-9)23-15(19)13-14(21-23)17(24)22-12-4-2-1-3-11(12)20-16(13)22/h1-8H,19H2. The molecule has 1 aliphatic heterocycles. The molecule has 0 radical (unpaired) electrons. The number of fused-ring (bicyclic) bond motifs is 5. The number of nitrogens with two attached hydrogens (primary N) is 1. The first-order chi connectivity index (χ1) is 11.6. The van der Waals surface area contributed by atoms with E-state index in [1.165, 1.54) is 0 Å². The molecular formula is C17H10ClN5O. The highest BCUT2D eigenvalue weighted by Gasteiger charge is 2.36. The predicted molar refractivity (Wildman–Crippen MR) is 91.4 cm³/mol.